The minimum atomic E-state index is -1.37. The van der Waals surface area contributed by atoms with Crippen LogP contribution in [0.4, 0.5) is 0 Å². The topological polar surface area (TPSA) is 166 Å². The van der Waals surface area contributed by atoms with Crippen molar-refractivity contribution in [2.24, 2.45) is 0 Å². The Morgan fingerprint density at radius 2 is 1.54 bits per heavy atom. The number of nitrogens with zero attached hydrogens (tertiary/aromatic N) is 1. The van der Waals surface area contributed by atoms with Crippen LogP contribution in [0.2, 0.25) is 0 Å². The predicted octanol–water partition coefficient (Wildman–Crippen LogP) is 3.12. The predicted molar refractivity (Wildman–Crippen MR) is 158 cm³/mol. The van der Waals surface area contributed by atoms with Gasteiger partial charge in [-0.15, -0.1) is 0 Å². The summed E-state index contributed by atoms with van der Waals surface area (Å²) < 4.78 is 45.7. The molecule has 46 heavy (non-hydrogen) atoms. The molecule has 2 aromatic rings. The van der Waals surface area contributed by atoms with Crippen LogP contribution in [-0.4, -0.2) is 81.3 Å². The average Bonchev–Trinajstić information content (AvgIpc) is 3.51. The molecule has 2 fully saturated rings. The summed E-state index contributed by atoms with van der Waals surface area (Å²) in [7, 11) is 1.57. The fourth-order valence-electron chi connectivity index (χ4n) is 5.45. The average molecular weight is 640 g/mol. The number of esters is 4. The first-order chi connectivity index (χ1) is 22.0. The molecule has 2 aromatic carbocycles. The Hall–Kier alpha value is -4.67. The molecule has 0 saturated carbocycles. The highest BCUT2D eigenvalue weighted by Gasteiger charge is 2.53. The zero-order valence-electron chi connectivity index (χ0n) is 26.3. The molecule has 2 saturated heterocycles. The molecule has 0 spiro atoms. The van der Waals surface area contributed by atoms with Gasteiger partial charge in [-0.1, -0.05) is 12.1 Å². The number of rotatable bonds is 11. The van der Waals surface area contributed by atoms with Crippen molar-refractivity contribution in [1.29, 1.82) is 5.26 Å². The monoisotopic (exact) mass is 639 g/mol. The Balaban J connectivity index is 1.88. The van der Waals surface area contributed by atoms with Gasteiger partial charge in [0.25, 0.3) is 0 Å². The van der Waals surface area contributed by atoms with E-state index in [4.69, 9.17) is 37.9 Å². The van der Waals surface area contributed by atoms with E-state index in [1.54, 1.807) is 31.4 Å². The van der Waals surface area contributed by atoms with Crippen molar-refractivity contribution in [2.45, 2.75) is 77.2 Å². The molecule has 246 valence electrons. The van der Waals surface area contributed by atoms with E-state index in [1.807, 2.05) is 12.1 Å². The van der Waals surface area contributed by atoms with Crippen LogP contribution in [0, 0.1) is 11.3 Å². The maximum atomic E-state index is 12.5. The molecule has 13 nitrogen and oxygen atoms in total. The number of methoxy groups -OCH3 is 1. The maximum absolute atomic E-state index is 12.5. The summed E-state index contributed by atoms with van der Waals surface area (Å²) in [5, 5.41) is 10.2. The van der Waals surface area contributed by atoms with Gasteiger partial charge in [-0.2, -0.15) is 5.26 Å². The van der Waals surface area contributed by atoms with E-state index < -0.39 is 54.4 Å². The van der Waals surface area contributed by atoms with Gasteiger partial charge in [0, 0.05) is 39.7 Å². The Kier molecular flexibility index (Phi) is 11.6. The molecule has 0 bridgehead atoms. The second-order valence-corrected chi connectivity index (χ2v) is 10.9. The Morgan fingerprint density at radius 3 is 2.11 bits per heavy atom. The normalized spacial score (nSPS) is 23.8. The summed E-state index contributed by atoms with van der Waals surface area (Å²) in [5.74, 6) is -1.90. The van der Waals surface area contributed by atoms with Crippen molar-refractivity contribution in [3.8, 4) is 17.6 Å². The quantitative estimate of drug-likeness (QED) is 0.260. The molecule has 13 heteroatoms. The van der Waals surface area contributed by atoms with Crippen LogP contribution in [0.3, 0.4) is 0 Å². The zero-order chi connectivity index (χ0) is 33.4. The number of hydrogen-bond acceptors (Lipinski definition) is 13. The van der Waals surface area contributed by atoms with Crippen LogP contribution >= 0.6 is 0 Å². The summed E-state index contributed by atoms with van der Waals surface area (Å²) in [4.78, 5) is 48.8. The summed E-state index contributed by atoms with van der Waals surface area (Å²) in [6, 6.07) is 12.9. The second-order valence-electron chi connectivity index (χ2n) is 10.9. The van der Waals surface area contributed by atoms with Crippen molar-refractivity contribution in [2.75, 3.05) is 26.9 Å². The molecule has 0 aromatic heterocycles. The van der Waals surface area contributed by atoms with Crippen molar-refractivity contribution in [3.63, 3.8) is 0 Å². The van der Waals surface area contributed by atoms with Crippen molar-refractivity contribution >= 4 is 23.9 Å². The largest absolute Gasteiger partial charge is 0.497 e. The van der Waals surface area contributed by atoms with Gasteiger partial charge >= 0.3 is 23.9 Å². The molecule has 6 atom stereocenters. The first kappa shape index (κ1) is 34.2. The number of hydrogen-bond donors (Lipinski definition) is 0. The fourth-order valence-corrected chi connectivity index (χ4v) is 5.45. The lowest BCUT2D eigenvalue weighted by Gasteiger charge is -2.45. The summed E-state index contributed by atoms with van der Waals surface area (Å²) in [5.41, 5.74) is 2.18. The van der Waals surface area contributed by atoms with Crippen LogP contribution in [0.1, 0.15) is 62.5 Å². The molecule has 0 radical (unpaired) electrons. The van der Waals surface area contributed by atoms with E-state index in [2.05, 4.69) is 6.07 Å². The smallest absolute Gasteiger partial charge is 0.303 e. The lowest BCUT2D eigenvalue weighted by atomic mass is 9.87. The highest BCUT2D eigenvalue weighted by Crippen LogP contribution is 2.43. The molecule has 2 aliphatic rings. The molecular formula is C33H37NO12. The first-order valence-corrected chi connectivity index (χ1v) is 14.7. The van der Waals surface area contributed by atoms with E-state index in [-0.39, 0.29) is 18.5 Å². The maximum Gasteiger partial charge on any atom is 0.303 e. The van der Waals surface area contributed by atoms with Gasteiger partial charge in [0.2, 0.25) is 0 Å². The third-order valence-corrected chi connectivity index (χ3v) is 7.39. The number of ether oxygens (including phenoxy) is 8. The molecule has 0 aliphatic carbocycles. The lowest BCUT2D eigenvalue weighted by molar-refractivity contribution is -0.254. The third-order valence-electron chi connectivity index (χ3n) is 7.39. The van der Waals surface area contributed by atoms with Crippen molar-refractivity contribution < 1.29 is 57.1 Å². The summed E-state index contributed by atoms with van der Waals surface area (Å²) >= 11 is 0. The Bertz CT molecular complexity index is 1460. The van der Waals surface area contributed by atoms with E-state index in [1.165, 1.54) is 13.8 Å². The minimum Gasteiger partial charge on any atom is -0.497 e. The van der Waals surface area contributed by atoms with E-state index in [0.29, 0.717) is 48.5 Å². The van der Waals surface area contributed by atoms with Gasteiger partial charge in [0.05, 0.1) is 32.0 Å². The Labute approximate surface area is 266 Å². The first-order valence-electron chi connectivity index (χ1n) is 14.7. The molecule has 0 unspecified atom stereocenters. The molecule has 0 amide bonds. The summed E-state index contributed by atoms with van der Waals surface area (Å²) in [6.45, 7) is 5.11. The van der Waals surface area contributed by atoms with E-state index in [9.17, 15) is 24.4 Å². The zero-order valence-corrected chi connectivity index (χ0v) is 26.3. The SMILES string of the molecule is COc1ccc(Cc2cc([C@@H]3O[C@H](COC(C)=O)[C@@H](OC(C)=O)[C@H](OC(C)=O)[C@H]3OC(C)=O)c(O[C@H]3CCOC3)cc2C#N)cc1. The molecule has 2 aliphatic heterocycles. The molecular weight excluding hydrogens is 602 g/mol. The number of nitriles is 1. The van der Waals surface area contributed by atoms with Crippen LogP contribution in [0.25, 0.3) is 0 Å². The van der Waals surface area contributed by atoms with Crippen LogP contribution in [0.15, 0.2) is 36.4 Å². The fraction of sp³-hybridized carbons (Fsp3) is 0.485. The Morgan fingerprint density at radius 1 is 0.891 bits per heavy atom. The van der Waals surface area contributed by atoms with Gasteiger partial charge in [-0.25, -0.2) is 0 Å². The number of carbonyl (C=O) groups excluding carboxylic acids is 4. The van der Waals surface area contributed by atoms with Crippen LogP contribution < -0.4 is 9.47 Å². The molecule has 0 N–H and O–H groups in total. The highest BCUT2D eigenvalue weighted by atomic mass is 16.7. The van der Waals surface area contributed by atoms with Gasteiger partial charge in [0.15, 0.2) is 18.3 Å². The molecule has 4 rings (SSSR count). The van der Waals surface area contributed by atoms with Crippen molar-refractivity contribution in [3.05, 3.63) is 58.7 Å². The number of benzene rings is 2. The third kappa shape index (κ3) is 8.74. The van der Waals surface area contributed by atoms with E-state index >= 15 is 0 Å². The second kappa shape index (κ2) is 15.6. The van der Waals surface area contributed by atoms with E-state index in [0.717, 1.165) is 19.4 Å². The standard InChI is InChI=1S/C33H37NO12/c1-18(35)41-17-29-31(42-19(2)36)33(44-21(4)38)32(43-20(3)37)30(46-29)27-13-23(12-22-6-8-25(39-5)9-7-22)24(15-34)14-28(27)45-26-10-11-40-16-26/h6-9,13-14,26,29-33H,10-12,16-17H2,1-5H3/t26-,29+,30-,31+,32-,33-/m0/s1. The van der Waals surface area contributed by atoms with Gasteiger partial charge in [-0.3, -0.25) is 19.2 Å². The van der Waals surface area contributed by atoms with Gasteiger partial charge in [0.1, 0.15) is 36.4 Å². The van der Waals surface area contributed by atoms with Gasteiger partial charge < -0.3 is 37.9 Å². The lowest BCUT2D eigenvalue weighted by Crippen LogP contribution is -2.59. The highest BCUT2D eigenvalue weighted by molar-refractivity contribution is 5.69. The molecule has 2 heterocycles. The minimum absolute atomic E-state index is 0.256. The van der Waals surface area contributed by atoms with Crippen LogP contribution in [0.5, 0.6) is 11.5 Å². The van der Waals surface area contributed by atoms with Gasteiger partial charge in [-0.05, 0) is 41.8 Å². The van der Waals surface area contributed by atoms with Crippen LogP contribution in [-0.2, 0) is 54.0 Å². The number of carbonyl (C=O) groups is 4. The van der Waals surface area contributed by atoms with Crippen molar-refractivity contribution in [1.82, 2.24) is 0 Å². The summed E-state index contributed by atoms with van der Waals surface area (Å²) in [6.07, 6.45) is -5.80.